The summed E-state index contributed by atoms with van der Waals surface area (Å²) in [6, 6.07) is 0.273. The zero-order chi connectivity index (χ0) is 14.6. The molecular weight excluding hydrogens is 285 g/mol. The molecule has 1 N–H and O–H groups in total. The van der Waals surface area contributed by atoms with Crippen LogP contribution in [0, 0.1) is 11.8 Å². The lowest BCUT2D eigenvalue weighted by Gasteiger charge is -2.34. The molecule has 1 unspecified atom stereocenters. The Morgan fingerprint density at radius 2 is 2.05 bits per heavy atom. The quantitative estimate of drug-likeness (QED) is 0.888. The van der Waals surface area contributed by atoms with Gasteiger partial charge in [0, 0.05) is 17.1 Å². The van der Waals surface area contributed by atoms with E-state index in [0.29, 0.717) is 18.8 Å². The molecule has 1 heterocycles. The first-order valence-corrected chi connectivity index (χ1v) is 8.06. The van der Waals surface area contributed by atoms with E-state index in [9.17, 15) is 13.2 Å². The number of hydrogen-bond acceptors (Lipinski definition) is 3. The van der Waals surface area contributed by atoms with Crippen molar-refractivity contribution >= 4 is 11.3 Å². The molecule has 1 aromatic rings. The first kappa shape index (κ1) is 15.8. The zero-order valence-corrected chi connectivity index (χ0v) is 12.4. The summed E-state index contributed by atoms with van der Waals surface area (Å²) in [5.41, 5.74) is 1.80. The van der Waals surface area contributed by atoms with Gasteiger partial charge in [0.1, 0.15) is 0 Å². The first-order chi connectivity index (χ1) is 9.50. The van der Waals surface area contributed by atoms with Gasteiger partial charge in [-0.15, -0.1) is 11.3 Å². The van der Waals surface area contributed by atoms with Crippen LogP contribution >= 0.6 is 11.3 Å². The smallest absolute Gasteiger partial charge is 0.314 e. The fourth-order valence-electron chi connectivity index (χ4n) is 3.08. The zero-order valence-electron chi connectivity index (χ0n) is 11.6. The fraction of sp³-hybridized carbons (Fsp3) is 0.786. The Balaban J connectivity index is 1.91. The van der Waals surface area contributed by atoms with Crippen molar-refractivity contribution in [2.75, 3.05) is 6.54 Å². The molecule has 20 heavy (non-hydrogen) atoms. The Morgan fingerprint density at radius 3 is 2.55 bits per heavy atom. The van der Waals surface area contributed by atoms with Crippen LogP contribution in [0.1, 0.15) is 37.5 Å². The lowest BCUT2D eigenvalue weighted by atomic mass is 9.77. The van der Waals surface area contributed by atoms with E-state index in [1.54, 1.807) is 16.8 Å². The van der Waals surface area contributed by atoms with E-state index in [2.05, 4.69) is 10.3 Å². The monoisotopic (exact) mass is 306 g/mol. The third-order valence-electron chi connectivity index (χ3n) is 4.17. The molecule has 0 radical (unpaired) electrons. The van der Waals surface area contributed by atoms with Crippen molar-refractivity contribution in [1.29, 1.82) is 0 Å². The predicted octanol–water partition coefficient (Wildman–Crippen LogP) is 4.03. The highest BCUT2D eigenvalue weighted by atomic mass is 32.1. The second-order valence-corrected chi connectivity index (χ2v) is 6.46. The van der Waals surface area contributed by atoms with Crippen LogP contribution in [-0.4, -0.2) is 23.7 Å². The van der Waals surface area contributed by atoms with Crippen molar-refractivity contribution < 1.29 is 13.2 Å². The molecular formula is C14H21F3N2S. The van der Waals surface area contributed by atoms with Crippen molar-refractivity contribution in [3.63, 3.8) is 0 Å². The van der Waals surface area contributed by atoms with E-state index in [1.807, 2.05) is 13.1 Å². The summed E-state index contributed by atoms with van der Waals surface area (Å²) in [7, 11) is 0. The molecule has 0 amide bonds. The molecule has 1 atom stereocenters. The average Bonchev–Trinajstić information content (AvgIpc) is 2.90. The fourth-order valence-corrected chi connectivity index (χ4v) is 3.73. The molecule has 114 valence electrons. The summed E-state index contributed by atoms with van der Waals surface area (Å²) in [5, 5.41) is 3.44. The number of hydrogen-bond donors (Lipinski definition) is 1. The van der Waals surface area contributed by atoms with Crippen molar-refractivity contribution in [2.45, 2.75) is 51.2 Å². The molecule has 1 aromatic heterocycles. The molecule has 1 saturated carbocycles. The van der Waals surface area contributed by atoms with Crippen LogP contribution in [0.2, 0.25) is 0 Å². The van der Waals surface area contributed by atoms with Crippen LogP contribution in [0.4, 0.5) is 13.2 Å². The number of aromatic nitrogens is 1. The molecule has 2 rings (SSSR count). The van der Waals surface area contributed by atoms with E-state index in [1.165, 1.54) is 4.88 Å². The standard InChI is InChI=1S/C14H21F3N2S/c1-2-19-13(7-12-8-18-9-20-12)10-3-5-11(6-4-10)14(15,16)17/h8-11,13,19H,2-7H2,1H3. The molecule has 1 aliphatic rings. The largest absolute Gasteiger partial charge is 0.391 e. The van der Waals surface area contributed by atoms with Crippen molar-refractivity contribution in [3.8, 4) is 0 Å². The van der Waals surface area contributed by atoms with Crippen LogP contribution in [0.25, 0.3) is 0 Å². The van der Waals surface area contributed by atoms with Gasteiger partial charge < -0.3 is 5.32 Å². The van der Waals surface area contributed by atoms with Crippen molar-refractivity contribution in [1.82, 2.24) is 10.3 Å². The maximum absolute atomic E-state index is 12.7. The van der Waals surface area contributed by atoms with Crippen molar-refractivity contribution in [2.24, 2.45) is 11.8 Å². The Hall–Kier alpha value is -0.620. The van der Waals surface area contributed by atoms with Gasteiger partial charge in [-0.25, -0.2) is 0 Å². The molecule has 1 aliphatic carbocycles. The van der Waals surface area contributed by atoms with Gasteiger partial charge in [0.05, 0.1) is 11.4 Å². The summed E-state index contributed by atoms with van der Waals surface area (Å²) >= 11 is 1.61. The molecule has 1 fully saturated rings. The molecule has 0 bridgehead atoms. The second kappa shape index (κ2) is 6.89. The Labute approximate surface area is 121 Å². The van der Waals surface area contributed by atoms with Gasteiger partial charge in [-0.2, -0.15) is 13.2 Å². The lowest BCUT2D eigenvalue weighted by Crippen LogP contribution is -2.41. The van der Waals surface area contributed by atoms with Crippen LogP contribution in [0.15, 0.2) is 11.7 Å². The Kier molecular flexibility index (Phi) is 5.43. The van der Waals surface area contributed by atoms with Gasteiger partial charge in [0.25, 0.3) is 0 Å². The van der Waals surface area contributed by atoms with E-state index >= 15 is 0 Å². The van der Waals surface area contributed by atoms with Gasteiger partial charge in [0.2, 0.25) is 0 Å². The molecule has 0 saturated heterocycles. The Morgan fingerprint density at radius 1 is 1.35 bits per heavy atom. The number of thiazole rings is 1. The minimum Gasteiger partial charge on any atom is -0.314 e. The average molecular weight is 306 g/mol. The molecule has 0 aromatic carbocycles. The molecule has 0 aliphatic heterocycles. The number of halogens is 3. The highest BCUT2D eigenvalue weighted by Gasteiger charge is 2.42. The minimum atomic E-state index is -4.02. The van der Waals surface area contributed by atoms with Gasteiger partial charge in [-0.05, 0) is 44.6 Å². The van der Waals surface area contributed by atoms with E-state index < -0.39 is 12.1 Å². The maximum Gasteiger partial charge on any atom is 0.391 e. The molecule has 2 nitrogen and oxygen atoms in total. The summed E-state index contributed by atoms with van der Waals surface area (Å²) in [6.07, 6.45) is 0.603. The predicted molar refractivity (Wildman–Crippen MR) is 74.8 cm³/mol. The summed E-state index contributed by atoms with van der Waals surface area (Å²) in [5.74, 6) is -0.750. The number of likely N-dealkylation sites (N-methyl/N-ethyl adjacent to an activating group) is 1. The summed E-state index contributed by atoms with van der Waals surface area (Å²) < 4.78 is 38.1. The first-order valence-electron chi connectivity index (χ1n) is 7.18. The summed E-state index contributed by atoms with van der Waals surface area (Å²) in [6.45, 7) is 2.89. The van der Waals surface area contributed by atoms with Gasteiger partial charge in [0.15, 0.2) is 0 Å². The number of rotatable bonds is 5. The molecule has 0 spiro atoms. The topological polar surface area (TPSA) is 24.9 Å². The highest BCUT2D eigenvalue weighted by molar-refractivity contribution is 7.09. The molecule has 6 heteroatoms. The van der Waals surface area contributed by atoms with E-state index in [0.717, 1.165) is 13.0 Å². The minimum absolute atomic E-state index is 0.273. The number of nitrogens with zero attached hydrogens (tertiary/aromatic N) is 1. The van der Waals surface area contributed by atoms with Gasteiger partial charge in [-0.3, -0.25) is 4.98 Å². The number of nitrogens with one attached hydrogen (secondary N) is 1. The lowest BCUT2D eigenvalue weighted by molar-refractivity contribution is -0.184. The number of alkyl halides is 3. The SMILES string of the molecule is CCNC(Cc1cncs1)C1CCC(C(F)(F)F)CC1. The highest BCUT2D eigenvalue weighted by Crippen LogP contribution is 2.40. The van der Waals surface area contributed by atoms with Crippen LogP contribution in [0.5, 0.6) is 0 Å². The third-order valence-corrected chi connectivity index (χ3v) is 4.98. The second-order valence-electron chi connectivity index (χ2n) is 5.49. The van der Waals surface area contributed by atoms with Gasteiger partial charge >= 0.3 is 6.18 Å². The maximum atomic E-state index is 12.7. The summed E-state index contributed by atoms with van der Waals surface area (Å²) in [4.78, 5) is 5.27. The van der Waals surface area contributed by atoms with Crippen molar-refractivity contribution in [3.05, 3.63) is 16.6 Å². The van der Waals surface area contributed by atoms with Crippen LogP contribution in [-0.2, 0) is 6.42 Å². The van der Waals surface area contributed by atoms with Gasteiger partial charge in [-0.1, -0.05) is 6.92 Å². The normalized spacial score (nSPS) is 25.6. The Bertz CT molecular complexity index is 384. The van der Waals surface area contributed by atoms with Crippen LogP contribution in [0.3, 0.4) is 0 Å². The van der Waals surface area contributed by atoms with E-state index in [4.69, 9.17) is 0 Å². The van der Waals surface area contributed by atoms with E-state index in [-0.39, 0.29) is 18.9 Å². The third kappa shape index (κ3) is 4.19. The van der Waals surface area contributed by atoms with Crippen LogP contribution < -0.4 is 5.32 Å².